The first-order valence-electron chi connectivity index (χ1n) is 5.74. The Bertz CT molecular complexity index is 470. The average molecular weight is 292 g/mol. The molecule has 1 heterocycles. The highest BCUT2D eigenvalue weighted by molar-refractivity contribution is 7.91. The summed E-state index contributed by atoms with van der Waals surface area (Å²) in [5.41, 5.74) is 0.823. The number of hydrogen-bond donors (Lipinski definition) is 3. The van der Waals surface area contributed by atoms with Crippen molar-refractivity contribution < 1.29 is 8.42 Å². The topological polar surface area (TPSA) is 83.1 Å². The summed E-state index contributed by atoms with van der Waals surface area (Å²) in [6.45, 7) is 6.25. The fraction of sp³-hybridized carbons (Fsp3) is 0.700. The largest absolute Gasteiger partial charge is 0.312 e. The van der Waals surface area contributed by atoms with Crippen molar-refractivity contribution in [1.82, 2.24) is 15.0 Å². The van der Waals surface area contributed by atoms with Gasteiger partial charge in [0.1, 0.15) is 0 Å². The minimum atomic E-state index is -3.52. The van der Waals surface area contributed by atoms with Crippen LogP contribution in [0.5, 0.6) is 0 Å². The van der Waals surface area contributed by atoms with E-state index >= 15 is 0 Å². The lowest BCUT2D eigenvalue weighted by molar-refractivity contribution is 0.564. The van der Waals surface area contributed by atoms with Crippen LogP contribution in [0.4, 0.5) is 5.13 Å². The second-order valence-corrected chi connectivity index (χ2v) is 6.79. The van der Waals surface area contributed by atoms with Crippen LogP contribution in [0.2, 0.25) is 0 Å². The zero-order chi connectivity index (χ0) is 13.8. The quantitative estimate of drug-likeness (QED) is 0.708. The van der Waals surface area contributed by atoms with E-state index in [-0.39, 0.29) is 12.0 Å². The molecule has 3 N–H and O–H groups in total. The number of nitrogens with one attached hydrogen (secondary N) is 3. The lowest BCUT2D eigenvalue weighted by atomic mass is 10.2. The van der Waals surface area contributed by atoms with Crippen LogP contribution in [0.25, 0.3) is 0 Å². The van der Waals surface area contributed by atoms with Crippen LogP contribution in [0.3, 0.4) is 0 Å². The van der Waals surface area contributed by atoms with Crippen molar-refractivity contribution in [3.8, 4) is 0 Å². The zero-order valence-electron chi connectivity index (χ0n) is 11.0. The van der Waals surface area contributed by atoms with Crippen LogP contribution in [-0.4, -0.2) is 27.0 Å². The summed E-state index contributed by atoms with van der Waals surface area (Å²) in [7, 11) is -1.69. The Kier molecular flexibility index (Phi) is 5.51. The number of rotatable bonds is 7. The molecule has 0 saturated heterocycles. The molecule has 1 unspecified atom stereocenters. The molecule has 1 aromatic heterocycles. The van der Waals surface area contributed by atoms with Crippen molar-refractivity contribution in [3.05, 3.63) is 11.1 Å². The van der Waals surface area contributed by atoms with Gasteiger partial charge in [0.05, 0.1) is 5.69 Å². The van der Waals surface area contributed by atoms with Crippen LogP contribution >= 0.6 is 11.3 Å². The SMILES string of the molecule is CNC(C)c1csc(NS(=O)(=O)NCC(C)C)n1. The molecule has 0 aliphatic carbocycles. The Labute approximate surface area is 112 Å². The van der Waals surface area contributed by atoms with Gasteiger partial charge in [0.15, 0.2) is 5.13 Å². The standard InChI is InChI=1S/C10H20N4O2S2/c1-7(2)5-12-18(15,16)14-10-13-9(6-17-10)8(3)11-4/h6-8,11-12H,5H2,1-4H3,(H,13,14). The molecule has 104 valence electrons. The summed E-state index contributed by atoms with van der Waals surface area (Å²) < 4.78 is 28.2. The summed E-state index contributed by atoms with van der Waals surface area (Å²) in [5.74, 6) is 0.262. The van der Waals surface area contributed by atoms with E-state index in [0.29, 0.717) is 11.7 Å². The Morgan fingerprint density at radius 1 is 1.39 bits per heavy atom. The van der Waals surface area contributed by atoms with Gasteiger partial charge in [-0.1, -0.05) is 13.8 Å². The van der Waals surface area contributed by atoms with Gasteiger partial charge in [-0.15, -0.1) is 11.3 Å². The number of nitrogens with zero attached hydrogens (tertiary/aromatic N) is 1. The van der Waals surface area contributed by atoms with E-state index in [4.69, 9.17) is 0 Å². The van der Waals surface area contributed by atoms with Crippen molar-refractivity contribution in [3.63, 3.8) is 0 Å². The van der Waals surface area contributed by atoms with Crippen molar-refractivity contribution in [2.45, 2.75) is 26.8 Å². The predicted octanol–water partition coefficient (Wildman–Crippen LogP) is 1.33. The molecule has 6 nitrogen and oxygen atoms in total. The van der Waals surface area contributed by atoms with Gasteiger partial charge in [-0.3, -0.25) is 0 Å². The lowest BCUT2D eigenvalue weighted by Crippen LogP contribution is -2.32. The molecule has 18 heavy (non-hydrogen) atoms. The van der Waals surface area contributed by atoms with E-state index in [1.54, 1.807) is 0 Å². The van der Waals surface area contributed by atoms with Crippen LogP contribution in [-0.2, 0) is 10.2 Å². The monoisotopic (exact) mass is 292 g/mol. The van der Waals surface area contributed by atoms with Crippen molar-refractivity contribution in [2.75, 3.05) is 18.3 Å². The van der Waals surface area contributed by atoms with Crippen molar-refractivity contribution in [1.29, 1.82) is 0 Å². The highest BCUT2D eigenvalue weighted by atomic mass is 32.2. The third-order valence-electron chi connectivity index (χ3n) is 2.30. The third kappa shape index (κ3) is 4.89. The van der Waals surface area contributed by atoms with Crippen LogP contribution in [0.1, 0.15) is 32.5 Å². The molecule has 0 aliphatic heterocycles. The number of thiazole rings is 1. The minimum Gasteiger partial charge on any atom is -0.312 e. The molecular weight excluding hydrogens is 272 g/mol. The summed E-state index contributed by atoms with van der Waals surface area (Å²) in [6.07, 6.45) is 0. The van der Waals surface area contributed by atoms with Crippen molar-refractivity contribution >= 4 is 26.7 Å². The Balaban J connectivity index is 2.64. The second-order valence-electron chi connectivity index (χ2n) is 4.44. The Hall–Kier alpha value is -0.700. The minimum absolute atomic E-state index is 0.100. The van der Waals surface area contributed by atoms with Gasteiger partial charge >= 0.3 is 10.2 Å². The predicted molar refractivity (Wildman–Crippen MR) is 75.0 cm³/mol. The highest BCUT2D eigenvalue weighted by Crippen LogP contribution is 2.20. The first-order chi connectivity index (χ1) is 8.34. The molecule has 1 aromatic rings. The Morgan fingerprint density at radius 3 is 2.61 bits per heavy atom. The third-order valence-corrected chi connectivity index (χ3v) is 4.22. The van der Waals surface area contributed by atoms with Gasteiger partial charge in [-0.05, 0) is 19.9 Å². The normalized spacial score (nSPS) is 13.8. The van der Waals surface area contributed by atoms with Crippen LogP contribution in [0.15, 0.2) is 5.38 Å². The highest BCUT2D eigenvalue weighted by Gasteiger charge is 2.14. The number of anilines is 1. The zero-order valence-corrected chi connectivity index (χ0v) is 12.7. The summed E-state index contributed by atoms with van der Waals surface area (Å²) in [5, 5.41) is 5.26. The number of hydrogen-bond acceptors (Lipinski definition) is 5. The molecule has 0 amide bonds. The van der Waals surface area contributed by atoms with E-state index < -0.39 is 10.2 Å². The van der Waals surface area contributed by atoms with Gasteiger partial charge in [0.2, 0.25) is 0 Å². The molecule has 0 aromatic carbocycles. The molecule has 1 rings (SSSR count). The van der Waals surface area contributed by atoms with Gasteiger partial charge in [-0.2, -0.15) is 13.1 Å². The summed E-state index contributed by atoms with van der Waals surface area (Å²) >= 11 is 1.27. The molecule has 0 bridgehead atoms. The van der Waals surface area contributed by atoms with Crippen LogP contribution < -0.4 is 14.8 Å². The van der Waals surface area contributed by atoms with Crippen molar-refractivity contribution in [2.24, 2.45) is 5.92 Å². The maximum Gasteiger partial charge on any atom is 0.300 e. The van der Waals surface area contributed by atoms with E-state index in [1.165, 1.54) is 11.3 Å². The Morgan fingerprint density at radius 2 is 2.06 bits per heavy atom. The van der Waals surface area contributed by atoms with Crippen LogP contribution in [0, 0.1) is 5.92 Å². The molecule has 0 saturated carbocycles. The molecular formula is C10H20N4O2S2. The molecule has 0 aliphatic rings. The van der Waals surface area contributed by atoms with E-state index in [9.17, 15) is 8.42 Å². The second kappa shape index (κ2) is 6.46. The maximum absolute atomic E-state index is 11.7. The van der Waals surface area contributed by atoms with Gasteiger partial charge < -0.3 is 5.32 Å². The fourth-order valence-electron chi connectivity index (χ4n) is 1.11. The lowest BCUT2D eigenvalue weighted by Gasteiger charge is -2.09. The summed E-state index contributed by atoms with van der Waals surface area (Å²) in [6, 6.07) is 0.100. The molecule has 0 radical (unpaired) electrons. The summed E-state index contributed by atoms with van der Waals surface area (Å²) in [4.78, 5) is 4.22. The van der Waals surface area contributed by atoms with E-state index in [0.717, 1.165) is 5.69 Å². The van der Waals surface area contributed by atoms with Gasteiger partial charge in [0, 0.05) is 18.0 Å². The smallest absolute Gasteiger partial charge is 0.300 e. The van der Waals surface area contributed by atoms with Gasteiger partial charge in [0.25, 0.3) is 0 Å². The van der Waals surface area contributed by atoms with Gasteiger partial charge in [-0.25, -0.2) is 9.71 Å². The first-order valence-corrected chi connectivity index (χ1v) is 8.10. The maximum atomic E-state index is 11.7. The van der Waals surface area contributed by atoms with E-state index in [2.05, 4.69) is 19.7 Å². The molecule has 1 atom stereocenters. The molecule has 8 heteroatoms. The molecule has 0 spiro atoms. The number of aromatic nitrogens is 1. The molecule has 0 fully saturated rings. The van der Waals surface area contributed by atoms with E-state index in [1.807, 2.05) is 33.2 Å². The average Bonchev–Trinajstić information content (AvgIpc) is 2.73. The fourth-order valence-corrected chi connectivity index (χ4v) is 3.18. The first kappa shape index (κ1) is 15.4.